The average Bonchev–Trinajstić information content (AvgIpc) is 2.71. The monoisotopic (exact) mass is 252 g/mol. The van der Waals surface area contributed by atoms with E-state index in [1.165, 1.54) is 0 Å². The van der Waals surface area contributed by atoms with Gasteiger partial charge in [-0.1, -0.05) is 0 Å². The highest BCUT2D eigenvalue weighted by atomic mass is 16.7. The summed E-state index contributed by atoms with van der Waals surface area (Å²) in [6, 6.07) is 3.26. The summed E-state index contributed by atoms with van der Waals surface area (Å²) < 4.78 is 10.4. The third-order valence-corrected chi connectivity index (χ3v) is 2.64. The van der Waals surface area contributed by atoms with Gasteiger partial charge in [0, 0.05) is 6.42 Å². The Morgan fingerprint density at radius 1 is 1.06 bits per heavy atom. The lowest BCUT2D eigenvalue weighted by molar-refractivity contribution is -0.137. The molecule has 0 atom stereocenters. The second kappa shape index (κ2) is 4.95. The van der Waals surface area contributed by atoms with Crippen LogP contribution in [0.5, 0.6) is 11.5 Å². The molecule has 0 radical (unpaired) electrons. The minimum atomic E-state index is -0.967. The van der Waals surface area contributed by atoms with E-state index in [0.717, 1.165) is 0 Å². The smallest absolute Gasteiger partial charge is 0.307 e. The molecule has 2 N–H and O–H groups in total. The number of ether oxygens (including phenoxy) is 2. The maximum atomic E-state index is 10.8. The molecule has 0 fully saturated rings. The van der Waals surface area contributed by atoms with Gasteiger partial charge in [0.25, 0.3) is 0 Å². The number of carboxylic acids is 2. The molecule has 0 unspecified atom stereocenters. The van der Waals surface area contributed by atoms with Crippen LogP contribution in [0.2, 0.25) is 0 Å². The predicted octanol–water partition coefficient (Wildman–Crippen LogP) is 1.06. The average molecular weight is 252 g/mol. The molecular formula is C12H12O6. The minimum Gasteiger partial charge on any atom is -0.481 e. The third kappa shape index (κ3) is 2.71. The van der Waals surface area contributed by atoms with Gasteiger partial charge in [-0.05, 0) is 29.7 Å². The lowest BCUT2D eigenvalue weighted by Gasteiger charge is -2.08. The quantitative estimate of drug-likeness (QED) is 0.813. The molecule has 0 saturated carbocycles. The summed E-state index contributed by atoms with van der Waals surface area (Å²) >= 11 is 0. The van der Waals surface area contributed by atoms with E-state index in [9.17, 15) is 9.59 Å². The number of fused-ring (bicyclic) bond motifs is 1. The number of rotatable bonds is 5. The summed E-state index contributed by atoms with van der Waals surface area (Å²) in [4.78, 5) is 21.3. The van der Waals surface area contributed by atoms with Crippen LogP contribution in [-0.4, -0.2) is 28.9 Å². The highest BCUT2D eigenvalue weighted by molar-refractivity contribution is 5.72. The van der Waals surface area contributed by atoms with Crippen molar-refractivity contribution in [2.45, 2.75) is 19.3 Å². The van der Waals surface area contributed by atoms with E-state index in [0.29, 0.717) is 22.6 Å². The van der Waals surface area contributed by atoms with Crippen molar-refractivity contribution in [1.82, 2.24) is 0 Å². The van der Waals surface area contributed by atoms with Gasteiger partial charge in [-0.3, -0.25) is 9.59 Å². The summed E-state index contributed by atoms with van der Waals surface area (Å²) in [5.74, 6) is -0.853. The first-order valence-electron chi connectivity index (χ1n) is 5.41. The van der Waals surface area contributed by atoms with Gasteiger partial charge in [0.2, 0.25) is 6.79 Å². The van der Waals surface area contributed by atoms with Gasteiger partial charge in [0.1, 0.15) is 0 Å². The number of hydrogen-bond acceptors (Lipinski definition) is 4. The van der Waals surface area contributed by atoms with Crippen molar-refractivity contribution in [3.05, 3.63) is 23.3 Å². The minimum absolute atomic E-state index is 0.0493. The fourth-order valence-corrected chi connectivity index (χ4v) is 1.83. The summed E-state index contributed by atoms with van der Waals surface area (Å²) in [6.07, 6.45) is 0.0619. The molecule has 6 nitrogen and oxygen atoms in total. The zero-order valence-electron chi connectivity index (χ0n) is 9.51. The van der Waals surface area contributed by atoms with Crippen LogP contribution in [-0.2, 0) is 22.4 Å². The standard InChI is InChI=1S/C12H12O6/c13-11(14)2-1-7-3-9-10(18-6-17-9)4-8(7)5-12(15)16/h3-4H,1-2,5-6H2,(H,13,14)(H,15,16). The Morgan fingerprint density at radius 3 is 2.22 bits per heavy atom. The van der Waals surface area contributed by atoms with E-state index in [4.69, 9.17) is 19.7 Å². The first-order valence-corrected chi connectivity index (χ1v) is 5.41. The summed E-state index contributed by atoms with van der Waals surface area (Å²) in [7, 11) is 0. The van der Waals surface area contributed by atoms with Gasteiger partial charge < -0.3 is 19.7 Å². The van der Waals surface area contributed by atoms with Crippen LogP contribution in [0.4, 0.5) is 0 Å². The van der Waals surface area contributed by atoms with E-state index in [1.807, 2.05) is 0 Å². The molecular weight excluding hydrogens is 240 g/mol. The summed E-state index contributed by atoms with van der Waals surface area (Å²) in [5, 5.41) is 17.5. The molecule has 0 spiro atoms. The highest BCUT2D eigenvalue weighted by Gasteiger charge is 2.18. The molecule has 1 aliphatic rings. The molecule has 1 aromatic carbocycles. The van der Waals surface area contributed by atoms with Crippen molar-refractivity contribution in [2.75, 3.05) is 6.79 Å². The molecule has 0 bridgehead atoms. The van der Waals surface area contributed by atoms with E-state index in [-0.39, 0.29) is 26.1 Å². The molecule has 0 saturated heterocycles. The Balaban J connectivity index is 2.28. The number of carbonyl (C=O) groups is 2. The Morgan fingerprint density at radius 2 is 1.67 bits per heavy atom. The van der Waals surface area contributed by atoms with Gasteiger partial charge in [-0.15, -0.1) is 0 Å². The van der Waals surface area contributed by atoms with E-state index in [1.54, 1.807) is 12.1 Å². The number of benzene rings is 1. The van der Waals surface area contributed by atoms with Gasteiger partial charge in [-0.25, -0.2) is 0 Å². The zero-order valence-corrected chi connectivity index (χ0v) is 9.51. The fourth-order valence-electron chi connectivity index (χ4n) is 1.83. The van der Waals surface area contributed by atoms with Crippen LogP contribution in [0.1, 0.15) is 17.5 Å². The van der Waals surface area contributed by atoms with Crippen molar-refractivity contribution in [1.29, 1.82) is 0 Å². The zero-order chi connectivity index (χ0) is 13.1. The van der Waals surface area contributed by atoms with Crippen LogP contribution >= 0.6 is 0 Å². The maximum Gasteiger partial charge on any atom is 0.307 e. The SMILES string of the molecule is O=C(O)CCc1cc2c(cc1CC(=O)O)OCO2. The molecule has 0 aromatic heterocycles. The molecule has 1 aliphatic heterocycles. The molecule has 1 heterocycles. The molecule has 96 valence electrons. The van der Waals surface area contributed by atoms with Crippen molar-refractivity contribution in [3.63, 3.8) is 0 Å². The van der Waals surface area contributed by atoms with Gasteiger partial charge in [-0.2, -0.15) is 0 Å². The second-order valence-electron chi connectivity index (χ2n) is 3.94. The summed E-state index contributed by atoms with van der Waals surface area (Å²) in [6.45, 7) is 0.101. The summed E-state index contributed by atoms with van der Waals surface area (Å²) in [5.41, 5.74) is 1.23. The lowest BCUT2D eigenvalue weighted by Crippen LogP contribution is -2.06. The Bertz CT molecular complexity index is 494. The Labute approximate surface area is 103 Å². The van der Waals surface area contributed by atoms with Gasteiger partial charge in [0.05, 0.1) is 6.42 Å². The van der Waals surface area contributed by atoms with Crippen LogP contribution in [0.15, 0.2) is 12.1 Å². The van der Waals surface area contributed by atoms with Crippen LogP contribution in [0, 0.1) is 0 Å². The predicted molar refractivity (Wildman–Crippen MR) is 59.9 cm³/mol. The third-order valence-electron chi connectivity index (χ3n) is 2.64. The van der Waals surface area contributed by atoms with Crippen LogP contribution in [0.3, 0.4) is 0 Å². The molecule has 1 aromatic rings. The first kappa shape index (κ1) is 12.2. The molecule has 2 rings (SSSR count). The van der Waals surface area contributed by atoms with Crippen molar-refractivity contribution < 1.29 is 29.3 Å². The molecule has 0 amide bonds. The van der Waals surface area contributed by atoms with E-state index < -0.39 is 11.9 Å². The van der Waals surface area contributed by atoms with Crippen molar-refractivity contribution >= 4 is 11.9 Å². The van der Waals surface area contributed by atoms with Crippen LogP contribution < -0.4 is 9.47 Å². The number of aliphatic carboxylic acids is 2. The molecule has 18 heavy (non-hydrogen) atoms. The molecule has 0 aliphatic carbocycles. The normalized spacial score (nSPS) is 12.4. The van der Waals surface area contributed by atoms with Crippen molar-refractivity contribution in [2.24, 2.45) is 0 Å². The Hall–Kier alpha value is -2.24. The highest BCUT2D eigenvalue weighted by Crippen LogP contribution is 2.35. The largest absolute Gasteiger partial charge is 0.481 e. The van der Waals surface area contributed by atoms with Gasteiger partial charge >= 0.3 is 11.9 Å². The maximum absolute atomic E-state index is 10.8. The van der Waals surface area contributed by atoms with E-state index in [2.05, 4.69) is 0 Å². The van der Waals surface area contributed by atoms with Gasteiger partial charge in [0.15, 0.2) is 11.5 Å². The topological polar surface area (TPSA) is 93.1 Å². The van der Waals surface area contributed by atoms with Crippen molar-refractivity contribution in [3.8, 4) is 11.5 Å². The Kier molecular flexibility index (Phi) is 3.36. The fraction of sp³-hybridized carbons (Fsp3) is 0.333. The first-order chi connectivity index (χ1) is 8.56. The number of aryl methyl sites for hydroxylation is 1. The van der Waals surface area contributed by atoms with E-state index >= 15 is 0 Å². The molecule has 6 heteroatoms. The second-order valence-corrected chi connectivity index (χ2v) is 3.94. The number of hydrogen-bond donors (Lipinski definition) is 2. The van der Waals surface area contributed by atoms with Crippen LogP contribution in [0.25, 0.3) is 0 Å². The number of carboxylic acid groups (broad SMARTS) is 2. The lowest BCUT2D eigenvalue weighted by atomic mass is 9.99.